The lowest BCUT2D eigenvalue weighted by Gasteiger charge is -2.33. The number of fused-ring (bicyclic) bond motifs is 2. The van der Waals surface area contributed by atoms with Gasteiger partial charge in [0.15, 0.2) is 17.7 Å². The van der Waals surface area contributed by atoms with Crippen LogP contribution in [0.1, 0.15) is 45.0 Å². The summed E-state index contributed by atoms with van der Waals surface area (Å²) in [7, 11) is 0. The monoisotopic (exact) mass is 481 g/mol. The van der Waals surface area contributed by atoms with Crippen LogP contribution in [-0.2, 0) is 17.8 Å². The second kappa shape index (κ2) is 8.62. The fourth-order valence-corrected chi connectivity index (χ4v) is 4.61. The maximum Gasteiger partial charge on any atom is 0.276 e. The molecule has 1 aromatic heterocycles. The van der Waals surface area contributed by atoms with Crippen molar-refractivity contribution in [3.05, 3.63) is 99.0 Å². The van der Waals surface area contributed by atoms with Gasteiger partial charge in [0.1, 0.15) is 23.3 Å². The van der Waals surface area contributed by atoms with Gasteiger partial charge in [-0.15, -0.1) is 0 Å². The number of rotatable bonds is 4. The minimum absolute atomic E-state index is 0.0214. The van der Waals surface area contributed by atoms with Gasteiger partial charge in [-0.25, -0.2) is 8.78 Å². The second-order valence-electron chi connectivity index (χ2n) is 8.51. The van der Waals surface area contributed by atoms with Crippen molar-refractivity contribution in [1.82, 2.24) is 14.8 Å². The summed E-state index contributed by atoms with van der Waals surface area (Å²) in [5.41, 5.74) is -0.754. The molecule has 2 aliphatic heterocycles. The van der Waals surface area contributed by atoms with Gasteiger partial charge in [0.25, 0.3) is 11.8 Å². The summed E-state index contributed by atoms with van der Waals surface area (Å²) in [4.78, 5) is 40.2. The maximum absolute atomic E-state index is 13.9. The van der Waals surface area contributed by atoms with Gasteiger partial charge in [0.05, 0.1) is 12.6 Å². The zero-order valence-corrected chi connectivity index (χ0v) is 18.6. The molecule has 0 saturated carbocycles. The van der Waals surface area contributed by atoms with E-state index in [0.717, 1.165) is 11.6 Å². The summed E-state index contributed by atoms with van der Waals surface area (Å²) in [6, 6.07) is 11.9. The number of ether oxygens (including phenoxy) is 1. The number of hydrogen-bond acceptors (Lipinski definition) is 5. The van der Waals surface area contributed by atoms with Gasteiger partial charge in [-0.2, -0.15) is 0 Å². The maximum atomic E-state index is 13.9. The van der Waals surface area contributed by atoms with E-state index in [-0.39, 0.29) is 30.4 Å². The molecule has 2 amide bonds. The Morgan fingerprint density at radius 2 is 1.91 bits per heavy atom. The number of nitrogens with one attached hydrogen (secondary N) is 1. The van der Waals surface area contributed by atoms with E-state index in [9.17, 15) is 28.3 Å². The zero-order valence-electron chi connectivity index (χ0n) is 18.6. The van der Waals surface area contributed by atoms with Gasteiger partial charge in [-0.1, -0.05) is 36.4 Å². The summed E-state index contributed by atoms with van der Waals surface area (Å²) in [5.74, 6) is -3.90. The summed E-state index contributed by atoms with van der Waals surface area (Å²) in [6.07, 6.45) is 0.121. The van der Waals surface area contributed by atoms with Crippen molar-refractivity contribution >= 4 is 11.8 Å². The predicted molar refractivity (Wildman–Crippen MR) is 120 cm³/mol. The number of nitrogens with zero attached hydrogens (tertiary/aromatic N) is 2. The third-order valence-electron chi connectivity index (χ3n) is 6.36. The van der Waals surface area contributed by atoms with E-state index in [1.54, 1.807) is 0 Å². The molecule has 180 valence electrons. The fraction of sp³-hybridized carbons (Fsp3) is 0.240. The zero-order chi connectivity index (χ0) is 24.9. The van der Waals surface area contributed by atoms with E-state index in [0.29, 0.717) is 6.07 Å². The Hall–Kier alpha value is -4.05. The third-order valence-corrected chi connectivity index (χ3v) is 6.36. The highest BCUT2D eigenvalue weighted by Gasteiger charge is 2.47. The molecule has 0 spiro atoms. The van der Waals surface area contributed by atoms with Crippen LogP contribution in [0.4, 0.5) is 8.78 Å². The number of aromatic nitrogens is 1. The number of benzene rings is 2. The van der Waals surface area contributed by atoms with Crippen LogP contribution in [0.3, 0.4) is 0 Å². The third kappa shape index (κ3) is 3.85. The first-order chi connectivity index (χ1) is 16.8. The first-order valence-corrected chi connectivity index (χ1v) is 11.0. The molecule has 10 heteroatoms. The average Bonchev–Trinajstić information content (AvgIpc) is 3.17. The van der Waals surface area contributed by atoms with Crippen LogP contribution in [0.2, 0.25) is 0 Å². The highest BCUT2D eigenvalue weighted by Crippen LogP contribution is 2.39. The number of halogens is 2. The van der Waals surface area contributed by atoms with Crippen molar-refractivity contribution in [2.45, 2.75) is 38.4 Å². The van der Waals surface area contributed by atoms with Gasteiger partial charge < -0.3 is 24.6 Å². The highest BCUT2D eigenvalue weighted by molar-refractivity contribution is 5.99. The topological polar surface area (TPSA) is 101 Å². The molecular formula is C25H21F2N3O5. The van der Waals surface area contributed by atoms with E-state index < -0.39 is 52.5 Å². The molecule has 0 radical (unpaired) electrons. The largest absolute Gasteiger partial charge is 0.503 e. The summed E-state index contributed by atoms with van der Waals surface area (Å²) < 4.78 is 34.4. The molecule has 2 aromatic carbocycles. The molecule has 3 aromatic rings. The number of pyridine rings is 1. The van der Waals surface area contributed by atoms with Crippen LogP contribution in [0.15, 0.2) is 59.5 Å². The van der Waals surface area contributed by atoms with E-state index in [1.165, 1.54) is 21.7 Å². The molecule has 2 aliphatic rings. The molecule has 1 saturated heterocycles. The van der Waals surface area contributed by atoms with Gasteiger partial charge in [0, 0.05) is 24.4 Å². The molecule has 5 rings (SSSR count). The Bertz CT molecular complexity index is 1390. The lowest BCUT2D eigenvalue weighted by atomic mass is 10.0. The Morgan fingerprint density at radius 3 is 2.63 bits per heavy atom. The lowest BCUT2D eigenvalue weighted by molar-refractivity contribution is -0.0154. The van der Waals surface area contributed by atoms with Gasteiger partial charge in [-0.3, -0.25) is 14.4 Å². The number of amides is 2. The molecular weight excluding hydrogens is 460 g/mol. The van der Waals surface area contributed by atoms with Crippen molar-refractivity contribution in [1.29, 1.82) is 0 Å². The van der Waals surface area contributed by atoms with E-state index in [2.05, 4.69) is 5.32 Å². The molecule has 0 aliphatic carbocycles. The van der Waals surface area contributed by atoms with Crippen LogP contribution in [0, 0.1) is 11.6 Å². The van der Waals surface area contributed by atoms with Crippen molar-refractivity contribution in [3.8, 4) is 5.75 Å². The Balaban J connectivity index is 1.42. The molecule has 8 nitrogen and oxygen atoms in total. The first kappa shape index (κ1) is 22.7. The highest BCUT2D eigenvalue weighted by atomic mass is 19.1. The number of hydrogen-bond donors (Lipinski definition) is 2. The van der Waals surface area contributed by atoms with Gasteiger partial charge in [-0.05, 0) is 18.6 Å². The summed E-state index contributed by atoms with van der Waals surface area (Å²) in [6.45, 7) is 1.62. The van der Waals surface area contributed by atoms with Crippen molar-refractivity contribution < 1.29 is 28.2 Å². The molecule has 1 fully saturated rings. The molecule has 35 heavy (non-hydrogen) atoms. The Labute approximate surface area is 198 Å². The van der Waals surface area contributed by atoms with E-state index >= 15 is 0 Å². The lowest BCUT2D eigenvalue weighted by Crippen LogP contribution is -2.49. The standard InChI is InChI=1S/C25H21F2N3O5/c1-13-23(14-5-3-2-4-6-14)35-19-12-29-11-17(21(31)22(32)20(29)25(34)30(13)19)24(33)28-10-15-7-8-16(26)9-18(15)27/h2-9,11,13,19,23,32H,10,12H2,1H3,(H,28,33)/t13?,19?,23-/m1/s1. The number of aromatic hydroxyl groups is 1. The minimum Gasteiger partial charge on any atom is -0.503 e. The summed E-state index contributed by atoms with van der Waals surface area (Å²) in [5, 5.41) is 13.0. The van der Waals surface area contributed by atoms with Crippen LogP contribution in [-0.4, -0.2) is 38.7 Å². The van der Waals surface area contributed by atoms with Crippen LogP contribution >= 0.6 is 0 Å². The van der Waals surface area contributed by atoms with Crippen LogP contribution in [0.25, 0.3) is 0 Å². The number of carbonyl (C=O) groups excluding carboxylic acids is 2. The number of carbonyl (C=O) groups is 2. The molecule has 3 heterocycles. The predicted octanol–water partition coefficient (Wildman–Crippen LogP) is 2.70. The van der Waals surface area contributed by atoms with Gasteiger partial charge >= 0.3 is 0 Å². The molecule has 0 bridgehead atoms. The first-order valence-electron chi connectivity index (χ1n) is 11.0. The SMILES string of the molecule is CC1[C@H](c2ccccc2)OC2Cn3cc(C(=O)NCc4ccc(F)cc4F)c(=O)c(O)c3C(=O)N21. The molecule has 3 atom stereocenters. The Morgan fingerprint density at radius 1 is 1.17 bits per heavy atom. The second-order valence-corrected chi connectivity index (χ2v) is 8.51. The fourth-order valence-electron chi connectivity index (χ4n) is 4.61. The normalized spacial score (nSPS) is 20.9. The van der Waals surface area contributed by atoms with E-state index in [1.807, 2.05) is 37.3 Å². The van der Waals surface area contributed by atoms with Crippen molar-refractivity contribution in [3.63, 3.8) is 0 Å². The molecule has 2 unspecified atom stereocenters. The quantitative estimate of drug-likeness (QED) is 0.597. The van der Waals surface area contributed by atoms with Crippen molar-refractivity contribution in [2.75, 3.05) is 0 Å². The average molecular weight is 481 g/mol. The minimum atomic E-state index is -1.02. The van der Waals surface area contributed by atoms with Gasteiger partial charge in [0.2, 0.25) is 5.43 Å². The summed E-state index contributed by atoms with van der Waals surface area (Å²) >= 11 is 0. The molecule has 2 N–H and O–H groups in total. The van der Waals surface area contributed by atoms with E-state index in [4.69, 9.17) is 4.74 Å². The van der Waals surface area contributed by atoms with Crippen molar-refractivity contribution in [2.24, 2.45) is 0 Å². The Kier molecular flexibility index (Phi) is 5.60. The van der Waals surface area contributed by atoms with Crippen LogP contribution < -0.4 is 10.7 Å². The van der Waals surface area contributed by atoms with Crippen LogP contribution in [0.5, 0.6) is 5.75 Å². The smallest absolute Gasteiger partial charge is 0.276 e.